The number of rotatable bonds is 18. The second-order valence-corrected chi connectivity index (χ2v) is 13.7. The molecule has 2 amide bonds. The lowest BCUT2D eigenvalue weighted by atomic mass is 9.72. The number of benzene rings is 2. The molecule has 1 aliphatic heterocycles. The number of nitrogens with one attached hydrogen (secondary N) is 2. The molecule has 0 spiro atoms. The highest BCUT2D eigenvalue weighted by molar-refractivity contribution is 6.31. The first-order valence-electron chi connectivity index (χ1n) is 18.2. The van der Waals surface area contributed by atoms with E-state index in [0.717, 1.165) is 0 Å². The van der Waals surface area contributed by atoms with E-state index in [1.807, 2.05) is 0 Å². The van der Waals surface area contributed by atoms with Gasteiger partial charge in [-0.05, 0) is 18.5 Å². The number of aromatic hydroxyl groups is 2. The van der Waals surface area contributed by atoms with Gasteiger partial charge >= 0.3 is 0 Å². The summed E-state index contributed by atoms with van der Waals surface area (Å²) in [5, 5.41) is 64.1. The first-order valence-corrected chi connectivity index (χ1v) is 18.2. The molecule has 1 fully saturated rings. The number of nitrogens with zero attached hydrogens (tertiary/aromatic N) is 3. The van der Waals surface area contributed by atoms with E-state index in [1.165, 1.54) is 32.2 Å². The summed E-state index contributed by atoms with van der Waals surface area (Å²) in [7, 11) is 1.29. The highest BCUT2D eigenvalue weighted by atomic mass is 16.7. The largest absolute Gasteiger partial charge is 0.507 e. The van der Waals surface area contributed by atoms with Gasteiger partial charge in [-0.3, -0.25) is 24.0 Å². The molecule has 0 saturated carbocycles. The lowest BCUT2D eigenvalue weighted by molar-refractivity contribution is -0.249. The molecule has 7 N–H and O–H groups in total. The molecule has 0 aromatic heterocycles. The van der Waals surface area contributed by atoms with Crippen molar-refractivity contribution in [1.82, 2.24) is 10.6 Å². The van der Waals surface area contributed by atoms with Crippen molar-refractivity contribution in [1.29, 1.82) is 0 Å². The minimum atomic E-state index is -2.36. The molecular weight excluding hydrogens is 754 g/mol. The van der Waals surface area contributed by atoms with Crippen LogP contribution in [0.2, 0.25) is 0 Å². The molecule has 2 aromatic rings. The van der Waals surface area contributed by atoms with Crippen molar-refractivity contribution in [3.8, 4) is 17.2 Å². The Morgan fingerprint density at radius 2 is 1.72 bits per heavy atom. The number of carbonyl (C=O) groups is 5. The molecule has 0 radical (unpaired) electrons. The first kappa shape index (κ1) is 43.0. The summed E-state index contributed by atoms with van der Waals surface area (Å²) in [6.45, 7) is 1.78. The number of ether oxygens (including phenoxy) is 5. The summed E-state index contributed by atoms with van der Waals surface area (Å²) < 4.78 is 27.9. The monoisotopic (exact) mass is 799 g/mol. The zero-order valence-corrected chi connectivity index (χ0v) is 31.3. The molecule has 0 bridgehead atoms. The molecule has 6 atom stereocenters. The van der Waals surface area contributed by atoms with Gasteiger partial charge in [0.15, 0.2) is 17.9 Å². The topological polar surface area (TPSA) is 305 Å². The van der Waals surface area contributed by atoms with Gasteiger partial charge in [-0.2, -0.15) is 0 Å². The van der Waals surface area contributed by atoms with Crippen LogP contribution in [0.4, 0.5) is 0 Å². The maximum absolute atomic E-state index is 13.9. The average Bonchev–Trinajstić information content (AvgIpc) is 3.19. The first-order chi connectivity index (χ1) is 27.3. The normalized spacial score (nSPS) is 23.7. The van der Waals surface area contributed by atoms with Crippen LogP contribution in [0.1, 0.15) is 81.7 Å². The number of phenols is 2. The van der Waals surface area contributed by atoms with Crippen LogP contribution in [-0.2, 0) is 39.8 Å². The molecule has 2 aromatic carbocycles. The van der Waals surface area contributed by atoms with Crippen molar-refractivity contribution >= 4 is 29.2 Å². The number of methoxy groups -OCH3 is 1. The predicted octanol–water partition coefficient (Wildman–Crippen LogP) is 0.399. The summed E-state index contributed by atoms with van der Waals surface area (Å²) in [6.07, 6.45) is -6.83. The average molecular weight is 800 g/mol. The Bertz CT molecular complexity index is 1930. The van der Waals surface area contributed by atoms with E-state index >= 15 is 0 Å². The second-order valence-electron chi connectivity index (χ2n) is 13.7. The van der Waals surface area contributed by atoms with Gasteiger partial charge in [-0.1, -0.05) is 17.2 Å². The zero-order chi connectivity index (χ0) is 41.4. The van der Waals surface area contributed by atoms with Crippen LogP contribution in [0.15, 0.2) is 23.3 Å². The van der Waals surface area contributed by atoms with Crippen molar-refractivity contribution < 1.29 is 73.2 Å². The summed E-state index contributed by atoms with van der Waals surface area (Å²) in [4.78, 5) is 68.4. The highest BCUT2D eigenvalue weighted by Gasteiger charge is 2.50. The van der Waals surface area contributed by atoms with Gasteiger partial charge in [0.1, 0.15) is 35.6 Å². The predicted molar refractivity (Wildman–Crippen MR) is 194 cm³/mol. The van der Waals surface area contributed by atoms with Gasteiger partial charge in [0, 0.05) is 66.8 Å². The standard InChI is InChI=1S/C37H45N5O15/c1-18-32(47)21(41-26(46)7-6-25(45)39-8-10-54-12-13-55-11-9-40-42-38)14-27(56-18)57-23-16-37(52,24(44)17-43)15-20-29(23)36(51)31-30(34(20)49)33(48)19-4-3-5-22(53-2)28(19)35(31)50/h3-5,18,21,23,27,32,43,47,49,51-52H,6-17H2,1-2H3,(H,39,45)(H,41,46)/t18-,21-,23-,27?,32+,37-/m0/s1. The van der Waals surface area contributed by atoms with Crippen molar-refractivity contribution in [2.45, 2.75) is 75.3 Å². The number of azide groups is 1. The molecule has 308 valence electrons. The number of aliphatic hydroxyl groups excluding tert-OH is 2. The lowest BCUT2D eigenvalue weighted by Gasteiger charge is -2.43. The highest BCUT2D eigenvalue weighted by Crippen LogP contribution is 2.52. The minimum Gasteiger partial charge on any atom is -0.507 e. The van der Waals surface area contributed by atoms with E-state index in [-0.39, 0.29) is 86.8 Å². The van der Waals surface area contributed by atoms with Crippen LogP contribution in [0.5, 0.6) is 17.2 Å². The Hall–Kier alpha value is -5.18. The van der Waals surface area contributed by atoms with Crippen LogP contribution in [0.25, 0.3) is 10.4 Å². The Balaban J connectivity index is 1.28. The van der Waals surface area contributed by atoms with Crippen LogP contribution in [0, 0.1) is 0 Å². The maximum Gasteiger partial charge on any atom is 0.220 e. The van der Waals surface area contributed by atoms with E-state index in [1.54, 1.807) is 0 Å². The number of hydrogen-bond acceptors (Lipinski definition) is 16. The Labute approximate surface area is 325 Å². The van der Waals surface area contributed by atoms with E-state index in [9.17, 15) is 49.5 Å². The van der Waals surface area contributed by atoms with Crippen LogP contribution in [-0.4, -0.2) is 138 Å². The van der Waals surface area contributed by atoms with Crippen molar-refractivity contribution in [3.05, 3.63) is 62.0 Å². The van der Waals surface area contributed by atoms with E-state index < -0.39 is 107 Å². The molecule has 1 heterocycles. The third-order valence-corrected chi connectivity index (χ3v) is 10.0. The van der Waals surface area contributed by atoms with Gasteiger partial charge in [0.05, 0.1) is 68.5 Å². The number of hydrogen-bond donors (Lipinski definition) is 7. The number of fused-ring (bicyclic) bond motifs is 3. The smallest absolute Gasteiger partial charge is 0.220 e. The van der Waals surface area contributed by atoms with Crippen LogP contribution in [0.3, 0.4) is 0 Å². The van der Waals surface area contributed by atoms with Crippen LogP contribution >= 0.6 is 0 Å². The van der Waals surface area contributed by atoms with E-state index in [4.69, 9.17) is 29.2 Å². The van der Waals surface area contributed by atoms with Gasteiger partial charge in [-0.25, -0.2) is 0 Å². The Morgan fingerprint density at radius 3 is 2.42 bits per heavy atom. The third kappa shape index (κ3) is 9.35. The summed E-state index contributed by atoms with van der Waals surface area (Å²) >= 11 is 0. The third-order valence-electron chi connectivity index (χ3n) is 10.0. The lowest BCUT2D eigenvalue weighted by Crippen LogP contribution is -2.56. The number of carbonyl (C=O) groups excluding carboxylic acids is 5. The SMILES string of the molecule is COc1cccc2c1C(=O)c1c(O)c3c(c(O)c1C2=O)C[C@@](O)(C(=O)CO)C[C@@H]3OC1C[C@H](NC(=O)CCC(=O)NCCOCCOCCN=[N+]=[N-])[C@H](O)[C@H](C)O1. The summed E-state index contributed by atoms with van der Waals surface area (Å²) in [5.41, 5.74) is 4.04. The molecule has 5 rings (SSSR count). The Kier molecular flexibility index (Phi) is 14.2. The van der Waals surface area contributed by atoms with Gasteiger partial charge in [-0.15, -0.1) is 0 Å². The molecule has 2 aliphatic carbocycles. The number of amides is 2. The van der Waals surface area contributed by atoms with E-state index in [0.29, 0.717) is 0 Å². The fourth-order valence-corrected chi connectivity index (χ4v) is 7.19. The second kappa shape index (κ2) is 18.8. The number of aliphatic hydroxyl groups is 3. The molecule has 3 aliphatic rings. The quantitative estimate of drug-likeness (QED) is 0.0301. The molecule has 1 unspecified atom stereocenters. The Morgan fingerprint density at radius 1 is 1.02 bits per heavy atom. The van der Waals surface area contributed by atoms with Crippen molar-refractivity contribution in [3.63, 3.8) is 0 Å². The van der Waals surface area contributed by atoms with E-state index in [2.05, 4.69) is 20.7 Å². The van der Waals surface area contributed by atoms with Crippen molar-refractivity contribution in [2.75, 3.05) is 53.2 Å². The fraction of sp³-hybridized carbons (Fsp3) is 0.541. The van der Waals surface area contributed by atoms with Gasteiger partial charge < -0.3 is 59.9 Å². The summed E-state index contributed by atoms with van der Waals surface area (Å²) in [5.74, 6) is -5.18. The minimum absolute atomic E-state index is 0.0465. The molecule has 1 saturated heterocycles. The zero-order valence-electron chi connectivity index (χ0n) is 31.3. The fourth-order valence-electron chi connectivity index (χ4n) is 7.19. The van der Waals surface area contributed by atoms with Crippen LogP contribution < -0.4 is 15.4 Å². The van der Waals surface area contributed by atoms with Gasteiger partial charge in [0.2, 0.25) is 17.6 Å². The molecule has 20 heteroatoms. The molecule has 57 heavy (non-hydrogen) atoms. The number of Topliss-reactive ketones (excluding diaryl/α,β-unsaturated/α-hetero) is 1. The number of phenolic OH excluding ortho intramolecular Hbond substituents is 2. The molecular formula is C37H45N5O15. The van der Waals surface area contributed by atoms with Crippen molar-refractivity contribution in [2.24, 2.45) is 5.11 Å². The summed E-state index contributed by atoms with van der Waals surface area (Å²) in [6, 6.07) is 3.29. The van der Waals surface area contributed by atoms with Gasteiger partial charge in [0.25, 0.3) is 0 Å². The number of ketones is 3. The maximum atomic E-state index is 13.9. The molecule has 20 nitrogen and oxygen atoms in total.